The number of hydrogen-bond acceptors (Lipinski definition) is 4. The van der Waals surface area contributed by atoms with E-state index in [2.05, 4.69) is 4.98 Å². The lowest BCUT2D eigenvalue weighted by molar-refractivity contribution is 0.00578. The molecule has 0 saturated carbocycles. The second kappa shape index (κ2) is 4.17. The molecular formula is C14H17BN2O3. The Labute approximate surface area is 118 Å². The SMILES string of the molecule is CC1(C)OB(c2ccc3ncc(C=O)n3c2)OC1(C)C. The Bertz CT molecular complexity index is 662. The lowest BCUT2D eigenvalue weighted by atomic mass is 9.80. The second-order valence-electron chi connectivity index (χ2n) is 6.08. The van der Waals surface area contributed by atoms with Gasteiger partial charge in [-0.25, -0.2) is 4.98 Å². The van der Waals surface area contributed by atoms with Crippen molar-refractivity contribution in [3.05, 3.63) is 30.2 Å². The highest BCUT2D eigenvalue weighted by Crippen LogP contribution is 2.36. The molecule has 1 aliphatic rings. The maximum atomic E-state index is 11.0. The smallest absolute Gasteiger partial charge is 0.399 e. The van der Waals surface area contributed by atoms with E-state index in [9.17, 15) is 4.79 Å². The van der Waals surface area contributed by atoms with Gasteiger partial charge in [0.1, 0.15) is 11.3 Å². The van der Waals surface area contributed by atoms with E-state index < -0.39 is 7.12 Å². The Morgan fingerprint density at radius 3 is 2.45 bits per heavy atom. The summed E-state index contributed by atoms with van der Waals surface area (Å²) in [5.74, 6) is 0. The van der Waals surface area contributed by atoms with E-state index in [0.29, 0.717) is 5.69 Å². The van der Waals surface area contributed by atoms with Gasteiger partial charge in [0.2, 0.25) is 0 Å². The second-order valence-corrected chi connectivity index (χ2v) is 6.08. The number of hydrogen-bond donors (Lipinski definition) is 0. The number of fused-ring (bicyclic) bond motifs is 1. The van der Waals surface area contributed by atoms with Crippen molar-refractivity contribution in [2.45, 2.75) is 38.9 Å². The quantitative estimate of drug-likeness (QED) is 0.613. The van der Waals surface area contributed by atoms with Crippen molar-refractivity contribution in [1.82, 2.24) is 9.38 Å². The van der Waals surface area contributed by atoms with Gasteiger partial charge in [-0.2, -0.15) is 0 Å². The van der Waals surface area contributed by atoms with Crippen molar-refractivity contribution in [3.63, 3.8) is 0 Å². The van der Waals surface area contributed by atoms with Crippen LogP contribution in [0, 0.1) is 0 Å². The minimum absolute atomic E-state index is 0.380. The first-order valence-corrected chi connectivity index (χ1v) is 6.62. The number of carbonyl (C=O) groups excluding carboxylic acids is 1. The summed E-state index contributed by atoms with van der Waals surface area (Å²) in [7, 11) is -0.439. The molecule has 0 unspecified atom stereocenters. The molecule has 20 heavy (non-hydrogen) atoms. The van der Waals surface area contributed by atoms with Crippen LogP contribution in [0.4, 0.5) is 0 Å². The summed E-state index contributed by atoms with van der Waals surface area (Å²) in [5, 5.41) is 0. The molecular weight excluding hydrogens is 255 g/mol. The van der Waals surface area contributed by atoms with Crippen molar-refractivity contribution >= 4 is 24.5 Å². The predicted molar refractivity (Wildman–Crippen MR) is 76.3 cm³/mol. The van der Waals surface area contributed by atoms with Crippen LogP contribution in [0.1, 0.15) is 38.2 Å². The summed E-state index contributed by atoms with van der Waals surface area (Å²) < 4.78 is 13.8. The van der Waals surface area contributed by atoms with E-state index in [1.54, 1.807) is 10.6 Å². The topological polar surface area (TPSA) is 52.8 Å². The van der Waals surface area contributed by atoms with Crippen LogP contribution in [-0.4, -0.2) is 34.0 Å². The third-order valence-electron chi connectivity index (χ3n) is 4.20. The molecule has 0 aromatic carbocycles. The van der Waals surface area contributed by atoms with Gasteiger partial charge in [-0.15, -0.1) is 0 Å². The molecule has 6 heteroatoms. The molecule has 1 saturated heterocycles. The van der Waals surface area contributed by atoms with Crippen LogP contribution in [-0.2, 0) is 9.31 Å². The first-order valence-electron chi connectivity index (χ1n) is 6.62. The molecule has 3 rings (SSSR count). The molecule has 0 N–H and O–H groups in total. The van der Waals surface area contributed by atoms with Gasteiger partial charge >= 0.3 is 7.12 Å². The van der Waals surface area contributed by atoms with Crippen molar-refractivity contribution in [2.24, 2.45) is 0 Å². The van der Waals surface area contributed by atoms with Gasteiger partial charge in [0.15, 0.2) is 6.29 Å². The van der Waals surface area contributed by atoms with Gasteiger partial charge in [0.05, 0.1) is 17.4 Å². The van der Waals surface area contributed by atoms with E-state index in [-0.39, 0.29) is 11.2 Å². The molecule has 0 bridgehead atoms. The lowest BCUT2D eigenvalue weighted by Crippen LogP contribution is -2.41. The van der Waals surface area contributed by atoms with E-state index >= 15 is 0 Å². The summed E-state index contributed by atoms with van der Waals surface area (Å²) >= 11 is 0. The first-order chi connectivity index (χ1) is 9.34. The molecule has 1 fully saturated rings. The van der Waals surface area contributed by atoms with E-state index in [1.807, 2.05) is 46.0 Å². The number of carbonyl (C=O) groups is 1. The van der Waals surface area contributed by atoms with Gasteiger partial charge < -0.3 is 9.31 Å². The fraction of sp³-hybridized carbons (Fsp3) is 0.429. The predicted octanol–water partition coefficient (Wildman–Crippen LogP) is 1.45. The van der Waals surface area contributed by atoms with Crippen molar-refractivity contribution in [3.8, 4) is 0 Å². The summed E-state index contributed by atoms with van der Waals surface area (Å²) in [6.45, 7) is 8.05. The molecule has 3 heterocycles. The highest BCUT2D eigenvalue weighted by molar-refractivity contribution is 6.62. The minimum atomic E-state index is -0.439. The number of nitrogens with zero attached hydrogens (tertiary/aromatic N) is 2. The Morgan fingerprint density at radius 2 is 1.85 bits per heavy atom. The molecule has 1 aliphatic heterocycles. The molecule has 0 aliphatic carbocycles. The van der Waals surface area contributed by atoms with Crippen molar-refractivity contribution in [1.29, 1.82) is 0 Å². The van der Waals surface area contributed by atoms with E-state index in [1.165, 1.54) is 0 Å². The number of rotatable bonds is 2. The van der Waals surface area contributed by atoms with Crippen LogP contribution in [0.5, 0.6) is 0 Å². The van der Waals surface area contributed by atoms with Gasteiger partial charge in [-0.05, 0) is 39.2 Å². The van der Waals surface area contributed by atoms with Crippen LogP contribution in [0.2, 0.25) is 0 Å². The monoisotopic (exact) mass is 272 g/mol. The van der Waals surface area contributed by atoms with E-state index in [4.69, 9.17) is 9.31 Å². The number of imidazole rings is 1. The maximum Gasteiger partial charge on any atom is 0.496 e. The largest absolute Gasteiger partial charge is 0.496 e. The zero-order chi connectivity index (χ0) is 14.5. The van der Waals surface area contributed by atoms with Crippen LogP contribution >= 0.6 is 0 Å². The summed E-state index contributed by atoms with van der Waals surface area (Å²) in [5.41, 5.74) is 1.35. The van der Waals surface area contributed by atoms with Crippen LogP contribution < -0.4 is 5.46 Å². The van der Waals surface area contributed by atoms with Crippen LogP contribution in [0.15, 0.2) is 24.5 Å². The molecule has 5 nitrogen and oxygen atoms in total. The summed E-state index contributed by atoms with van der Waals surface area (Å²) in [6.07, 6.45) is 4.18. The summed E-state index contributed by atoms with van der Waals surface area (Å²) in [4.78, 5) is 15.2. The van der Waals surface area contributed by atoms with Crippen LogP contribution in [0.3, 0.4) is 0 Å². The standard InChI is InChI=1S/C14H17BN2O3/c1-13(2)14(3,4)20-15(19-13)10-5-6-12-16-7-11(9-18)17(12)8-10/h5-9H,1-4H3. The zero-order valence-corrected chi connectivity index (χ0v) is 12.1. The Morgan fingerprint density at radius 1 is 1.20 bits per heavy atom. The van der Waals surface area contributed by atoms with E-state index in [0.717, 1.165) is 17.4 Å². The average molecular weight is 272 g/mol. The fourth-order valence-electron chi connectivity index (χ4n) is 2.22. The van der Waals surface area contributed by atoms with Gasteiger partial charge in [0.25, 0.3) is 0 Å². The lowest BCUT2D eigenvalue weighted by Gasteiger charge is -2.32. The first kappa shape index (κ1) is 13.3. The fourth-order valence-corrected chi connectivity index (χ4v) is 2.22. The molecule has 104 valence electrons. The van der Waals surface area contributed by atoms with Gasteiger partial charge in [0, 0.05) is 6.20 Å². The maximum absolute atomic E-state index is 11.0. The third kappa shape index (κ3) is 1.87. The number of pyridine rings is 1. The van der Waals surface area contributed by atoms with Crippen molar-refractivity contribution in [2.75, 3.05) is 0 Å². The highest BCUT2D eigenvalue weighted by Gasteiger charge is 2.51. The molecule has 0 spiro atoms. The minimum Gasteiger partial charge on any atom is -0.399 e. The molecule has 0 amide bonds. The van der Waals surface area contributed by atoms with Gasteiger partial charge in [-0.3, -0.25) is 9.20 Å². The van der Waals surface area contributed by atoms with Crippen molar-refractivity contribution < 1.29 is 14.1 Å². The summed E-state index contributed by atoms with van der Waals surface area (Å²) in [6, 6.07) is 3.77. The number of aldehydes is 1. The number of aromatic nitrogens is 2. The highest BCUT2D eigenvalue weighted by atomic mass is 16.7. The average Bonchev–Trinajstić information content (AvgIpc) is 2.87. The van der Waals surface area contributed by atoms with Gasteiger partial charge in [-0.1, -0.05) is 6.07 Å². The third-order valence-corrected chi connectivity index (χ3v) is 4.20. The van der Waals surface area contributed by atoms with Crippen LogP contribution in [0.25, 0.3) is 5.65 Å². The zero-order valence-electron chi connectivity index (χ0n) is 12.1. The normalized spacial score (nSPS) is 20.5. The molecule has 2 aromatic rings. The Balaban J connectivity index is 2.01. The molecule has 0 radical (unpaired) electrons. The Kier molecular flexibility index (Phi) is 2.78. The Hall–Kier alpha value is -1.66. The molecule has 2 aromatic heterocycles. The molecule has 0 atom stereocenters.